The van der Waals surface area contributed by atoms with Crippen LogP contribution in [0.1, 0.15) is 16.5 Å². The first kappa shape index (κ1) is 14.7. The second kappa shape index (κ2) is 6.63. The Hall–Kier alpha value is -1.72. The van der Waals surface area contributed by atoms with Crippen molar-refractivity contribution in [1.82, 2.24) is 0 Å². The number of ether oxygens (including phenoxy) is 3. The Morgan fingerprint density at radius 3 is 2.35 bits per heavy atom. The molecule has 20 heavy (non-hydrogen) atoms. The monoisotopic (exact) mass is 293 g/mol. The Bertz CT molecular complexity index is 554. The molecule has 0 spiro atoms. The van der Waals surface area contributed by atoms with Gasteiger partial charge < -0.3 is 19.9 Å². The van der Waals surface area contributed by atoms with Gasteiger partial charge in [-0.3, -0.25) is 0 Å². The average molecular weight is 293 g/mol. The number of benzene rings is 1. The van der Waals surface area contributed by atoms with Crippen LogP contribution in [0.25, 0.3) is 0 Å². The summed E-state index contributed by atoms with van der Waals surface area (Å²) in [5.41, 5.74) is 7.22. The number of thiophene rings is 1. The molecule has 0 radical (unpaired) electrons. The van der Waals surface area contributed by atoms with E-state index in [-0.39, 0.29) is 6.04 Å². The number of methoxy groups -OCH3 is 3. The molecule has 1 heterocycles. The lowest BCUT2D eigenvalue weighted by Gasteiger charge is -2.19. The molecule has 0 bridgehead atoms. The van der Waals surface area contributed by atoms with Gasteiger partial charge in [-0.15, -0.1) is 11.3 Å². The van der Waals surface area contributed by atoms with Crippen molar-refractivity contribution in [2.45, 2.75) is 12.5 Å². The van der Waals surface area contributed by atoms with Crippen LogP contribution < -0.4 is 19.9 Å². The fourth-order valence-electron chi connectivity index (χ4n) is 2.17. The summed E-state index contributed by atoms with van der Waals surface area (Å²) in [6.07, 6.45) is 0.767. The van der Waals surface area contributed by atoms with Crippen LogP contribution in [-0.2, 0) is 6.42 Å². The van der Waals surface area contributed by atoms with Crippen LogP contribution in [0.3, 0.4) is 0 Å². The van der Waals surface area contributed by atoms with E-state index in [1.165, 1.54) is 4.88 Å². The maximum Gasteiger partial charge on any atom is 0.203 e. The van der Waals surface area contributed by atoms with E-state index in [1.54, 1.807) is 32.7 Å². The highest BCUT2D eigenvalue weighted by atomic mass is 32.1. The minimum Gasteiger partial charge on any atom is -0.493 e. The number of hydrogen-bond donors (Lipinski definition) is 1. The molecule has 1 atom stereocenters. The zero-order valence-electron chi connectivity index (χ0n) is 11.9. The van der Waals surface area contributed by atoms with Gasteiger partial charge >= 0.3 is 0 Å². The zero-order valence-corrected chi connectivity index (χ0v) is 12.7. The van der Waals surface area contributed by atoms with Gasteiger partial charge in [-0.2, -0.15) is 0 Å². The standard InChI is InChI=1S/C15H19NO3S/c1-17-13-7-6-11(14(18-2)15(13)19-3)12(16)9-10-5-4-8-20-10/h4-8,12H,9,16H2,1-3H3. The quantitative estimate of drug-likeness (QED) is 0.889. The lowest BCUT2D eigenvalue weighted by atomic mass is 10.0. The highest BCUT2D eigenvalue weighted by Gasteiger charge is 2.20. The lowest BCUT2D eigenvalue weighted by Crippen LogP contribution is -2.14. The molecule has 0 aliphatic heterocycles. The average Bonchev–Trinajstić information content (AvgIpc) is 2.98. The first-order valence-electron chi connectivity index (χ1n) is 6.28. The molecule has 5 heteroatoms. The van der Waals surface area contributed by atoms with Crippen LogP contribution in [0, 0.1) is 0 Å². The van der Waals surface area contributed by atoms with Crippen LogP contribution in [0.15, 0.2) is 29.6 Å². The van der Waals surface area contributed by atoms with Crippen LogP contribution in [0.2, 0.25) is 0 Å². The molecule has 0 amide bonds. The molecule has 2 N–H and O–H groups in total. The van der Waals surface area contributed by atoms with Crippen molar-refractivity contribution in [3.63, 3.8) is 0 Å². The van der Waals surface area contributed by atoms with Crippen molar-refractivity contribution in [2.24, 2.45) is 5.73 Å². The van der Waals surface area contributed by atoms with E-state index in [0.29, 0.717) is 17.2 Å². The largest absolute Gasteiger partial charge is 0.493 e. The second-order valence-electron chi connectivity index (χ2n) is 4.31. The SMILES string of the molecule is COc1ccc(C(N)Cc2cccs2)c(OC)c1OC. The Kier molecular flexibility index (Phi) is 4.87. The third-order valence-electron chi connectivity index (χ3n) is 3.14. The topological polar surface area (TPSA) is 53.7 Å². The molecule has 0 saturated heterocycles. The lowest BCUT2D eigenvalue weighted by molar-refractivity contribution is 0.320. The zero-order chi connectivity index (χ0) is 14.5. The van der Waals surface area contributed by atoms with E-state index in [1.807, 2.05) is 23.6 Å². The maximum atomic E-state index is 6.31. The highest BCUT2D eigenvalue weighted by Crippen LogP contribution is 2.42. The van der Waals surface area contributed by atoms with Gasteiger partial charge in [-0.25, -0.2) is 0 Å². The van der Waals surface area contributed by atoms with Gasteiger partial charge in [0.15, 0.2) is 11.5 Å². The fourth-order valence-corrected chi connectivity index (χ4v) is 2.94. The Morgan fingerprint density at radius 1 is 1.05 bits per heavy atom. The van der Waals surface area contributed by atoms with Gasteiger partial charge in [-0.05, 0) is 23.6 Å². The van der Waals surface area contributed by atoms with Crippen LogP contribution >= 0.6 is 11.3 Å². The minimum absolute atomic E-state index is 0.150. The molecule has 108 valence electrons. The molecule has 4 nitrogen and oxygen atoms in total. The van der Waals surface area contributed by atoms with E-state index in [0.717, 1.165) is 12.0 Å². The van der Waals surface area contributed by atoms with Gasteiger partial charge in [0, 0.05) is 22.9 Å². The molecule has 1 unspecified atom stereocenters. The molecule has 0 aliphatic rings. The summed E-state index contributed by atoms with van der Waals surface area (Å²) in [7, 11) is 4.80. The Balaban J connectivity index is 2.35. The molecule has 1 aromatic carbocycles. The number of nitrogens with two attached hydrogens (primary N) is 1. The smallest absolute Gasteiger partial charge is 0.203 e. The Labute approximate surface area is 123 Å². The molecule has 0 fully saturated rings. The van der Waals surface area contributed by atoms with Gasteiger partial charge in [0.05, 0.1) is 21.3 Å². The van der Waals surface area contributed by atoms with E-state index >= 15 is 0 Å². The molecule has 0 saturated carbocycles. The molecule has 0 aliphatic carbocycles. The van der Waals surface area contributed by atoms with Crippen molar-refractivity contribution in [2.75, 3.05) is 21.3 Å². The van der Waals surface area contributed by atoms with E-state index in [9.17, 15) is 0 Å². The first-order valence-corrected chi connectivity index (χ1v) is 7.16. The second-order valence-corrected chi connectivity index (χ2v) is 5.35. The number of rotatable bonds is 6. The summed E-state index contributed by atoms with van der Waals surface area (Å²) in [6.45, 7) is 0. The summed E-state index contributed by atoms with van der Waals surface area (Å²) < 4.78 is 16.1. The van der Waals surface area contributed by atoms with E-state index < -0.39 is 0 Å². The first-order chi connectivity index (χ1) is 9.71. The summed E-state index contributed by atoms with van der Waals surface area (Å²) in [4.78, 5) is 1.24. The predicted octanol–water partition coefficient (Wildman–Crippen LogP) is 3.02. The van der Waals surface area contributed by atoms with E-state index in [4.69, 9.17) is 19.9 Å². The van der Waals surface area contributed by atoms with Crippen molar-refractivity contribution in [3.05, 3.63) is 40.1 Å². The fraction of sp³-hybridized carbons (Fsp3) is 0.333. The summed E-state index contributed by atoms with van der Waals surface area (Å²) >= 11 is 1.70. The molecule has 2 aromatic rings. The van der Waals surface area contributed by atoms with Crippen molar-refractivity contribution < 1.29 is 14.2 Å². The summed E-state index contributed by atoms with van der Waals surface area (Å²) in [5, 5.41) is 2.05. The van der Waals surface area contributed by atoms with Gasteiger partial charge in [0.2, 0.25) is 5.75 Å². The molecule has 2 rings (SSSR count). The Morgan fingerprint density at radius 2 is 1.80 bits per heavy atom. The van der Waals surface area contributed by atoms with Gasteiger partial charge in [0.25, 0.3) is 0 Å². The predicted molar refractivity (Wildman–Crippen MR) is 81.0 cm³/mol. The number of hydrogen-bond acceptors (Lipinski definition) is 5. The summed E-state index contributed by atoms with van der Waals surface area (Å²) in [6, 6.07) is 7.74. The van der Waals surface area contributed by atoms with Crippen LogP contribution in [0.4, 0.5) is 0 Å². The van der Waals surface area contributed by atoms with Gasteiger partial charge in [-0.1, -0.05) is 6.07 Å². The van der Waals surface area contributed by atoms with Crippen molar-refractivity contribution in [3.8, 4) is 17.2 Å². The van der Waals surface area contributed by atoms with Gasteiger partial charge in [0.1, 0.15) is 0 Å². The molecule has 1 aromatic heterocycles. The summed E-state index contributed by atoms with van der Waals surface area (Å²) in [5.74, 6) is 1.85. The third kappa shape index (κ3) is 2.89. The van der Waals surface area contributed by atoms with Crippen molar-refractivity contribution >= 4 is 11.3 Å². The van der Waals surface area contributed by atoms with E-state index in [2.05, 4.69) is 6.07 Å². The highest BCUT2D eigenvalue weighted by molar-refractivity contribution is 7.09. The maximum absolute atomic E-state index is 6.31. The minimum atomic E-state index is -0.150. The molecular weight excluding hydrogens is 274 g/mol. The molecular formula is C15H19NO3S. The van der Waals surface area contributed by atoms with Crippen molar-refractivity contribution in [1.29, 1.82) is 0 Å². The normalized spacial score (nSPS) is 12.0. The van der Waals surface area contributed by atoms with Crippen LogP contribution in [0.5, 0.6) is 17.2 Å². The third-order valence-corrected chi connectivity index (χ3v) is 4.03. The van der Waals surface area contributed by atoms with Crippen LogP contribution in [-0.4, -0.2) is 21.3 Å².